The average Bonchev–Trinajstić information content (AvgIpc) is 3.16. The highest BCUT2D eigenvalue weighted by molar-refractivity contribution is 7.89. The zero-order valence-electron chi connectivity index (χ0n) is 19.4. The Morgan fingerprint density at radius 3 is 2.42 bits per heavy atom. The lowest BCUT2D eigenvalue weighted by molar-refractivity contribution is -0.122. The number of benzene rings is 2. The third kappa shape index (κ3) is 4.62. The quantitative estimate of drug-likeness (QED) is 0.547. The maximum atomic E-state index is 13.0. The maximum absolute atomic E-state index is 13.0. The number of aromatic nitrogens is 1. The van der Waals surface area contributed by atoms with Crippen LogP contribution in [0.3, 0.4) is 0 Å². The van der Waals surface area contributed by atoms with Crippen LogP contribution < -0.4 is 9.54 Å². The Bertz CT molecular complexity index is 1350. The van der Waals surface area contributed by atoms with Gasteiger partial charge in [0, 0.05) is 25.6 Å². The topological polar surface area (TPSA) is 81.0 Å². The molecule has 1 saturated heterocycles. The van der Waals surface area contributed by atoms with Crippen LogP contribution in [-0.2, 0) is 21.4 Å². The van der Waals surface area contributed by atoms with E-state index in [1.54, 1.807) is 42.7 Å². The highest BCUT2D eigenvalue weighted by Crippen LogP contribution is 2.27. The number of ether oxygens (including phenoxy) is 1. The molecule has 3 aromatic rings. The Morgan fingerprint density at radius 2 is 1.82 bits per heavy atom. The number of rotatable bonds is 5. The first kappa shape index (κ1) is 23.7. The minimum Gasteiger partial charge on any atom is -0.497 e. The van der Waals surface area contributed by atoms with Gasteiger partial charge < -0.3 is 9.30 Å². The third-order valence-corrected chi connectivity index (χ3v) is 9.28. The van der Waals surface area contributed by atoms with E-state index in [1.807, 2.05) is 0 Å². The van der Waals surface area contributed by atoms with Crippen molar-refractivity contribution in [1.82, 2.24) is 8.87 Å². The lowest BCUT2D eigenvalue weighted by atomic mass is 9.98. The van der Waals surface area contributed by atoms with Gasteiger partial charge in [0.05, 0.1) is 22.2 Å². The van der Waals surface area contributed by atoms with Crippen LogP contribution in [0.1, 0.15) is 30.9 Å². The minimum atomic E-state index is -3.60. The number of piperidine rings is 1. The molecule has 0 N–H and O–H groups in total. The molecule has 1 aromatic heterocycles. The van der Waals surface area contributed by atoms with Crippen LogP contribution in [0.5, 0.6) is 5.75 Å². The molecule has 176 valence electrons. The van der Waals surface area contributed by atoms with E-state index in [4.69, 9.17) is 4.74 Å². The molecule has 0 unspecified atom stereocenters. The van der Waals surface area contributed by atoms with Crippen LogP contribution in [-0.4, -0.2) is 43.4 Å². The van der Waals surface area contributed by atoms with E-state index in [0.717, 1.165) is 16.8 Å². The van der Waals surface area contributed by atoms with E-state index in [-0.39, 0.29) is 16.7 Å². The summed E-state index contributed by atoms with van der Waals surface area (Å²) < 4.78 is 35.7. The number of carbonyl (C=O) groups excluding carboxylic acids is 1. The van der Waals surface area contributed by atoms with Gasteiger partial charge in [-0.2, -0.15) is 9.30 Å². The number of thiazole rings is 1. The van der Waals surface area contributed by atoms with Crippen molar-refractivity contribution < 1.29 is 17.9 Å². The molecule has 7 nitrogen and oxygen atoms in total. The molecule has 0 saturated carbocycles. The van der Waals surface area contributed by atoms with Crippen LogP contribution in [0.2, 0.25) is 0 Å². The number of methoxy groups -OCH3 is 1. The van der Waals surface area contributed by atoms with E-state index < -0.39 is 10.0 Å². The molecule has 1 amide bonds. The van der Waals surface area contributed by atoms with Gasteiger partial charge in [-0.3, -0.25) is 4.79 Å². The van der Waals surface area contributed by atoms with Crippen molar-refractivity contribution in [2.45, 2.75) is 45.1 Å². The third-order valence-electron chi connectivity index (χ3n) is 6.14. The van der Waals surface area contributed by atoms with Gasteiger partial charge in [-0.15, -0.1) is 0 Å². The molecule has 0 aliphatic carbocycles. The molecule has 4 rings (SSSR count). The predicted molar refractivity (Wildman–Crippen MR) is 130 cm³/mol. The second kappa shape index (κ2) is 9.40. The van der Waals surface area contributed by atoms with Crippen LogP contribution >= 0.6 is 11.3 Å². The van der Waals surface area contributed by atoms with E-state index in [1.165, 1.54) is 15.4 Å². The molecule has 2 heterocycles. The summed E-state index contributed by atoms with van der Waals surface area (Å²) in [6.07, 6.45) is 0.930. The summed E-state index contributed by atoms with van der Waals surface area (Å²) in [5.74, 6) is 0.168. The van der Waals surface area contributed by atoms with Crippen molar-refractivity contribution in [2.75, 3.05) is 20.2 Å². The van der Waals surface area contributed by atoms with Crippen molar-refractivity contribution >= 4 is 37.5 Å². The fourth-order valence-electron chi connectivity index (χ4n) is 4.33. The Hall–Kier alpha value is -2.49. The predicted octanol–water partition coefficient (Wildman–Crippen LogP) is 3.88. The smallest absolute Gasteiger partial charge is 0.251 e. The highest BCUT2D eigenvalue weighted by Gasteiger charge is 2.32. The zero-order chi connectivity index (χ0) is 23.8. The molecule has 0 spiro atoms. The number of hydrogen-bond donors (Lipinski definition) is 0. The molecule has 9 heteroatoms. The zero-order valence-corrected chi connectivity index (χ0v) is 21.0. The summed E-state index contributed by atoms with van der Waals surface area (Å²) in [7, 11) is -2.06. The Morgan fingerprint density at radius 1 is 1.15 bits per heavy atom. The standard InChI is InChI=1S/C24H29N3O4S2/c1-5-27-21-15-16(2)14-17(3)22(21)32-24(27)25-23(28)18-10-12-26(13-11-18)33(29,30)20-8-6-19(31-4)7-9-20/h6-9,14-15,18H,5,10-13H2,1-4H3. The SMILES string of the molecule is CCn1c(=NC(=O)C2CCN(S(=O)(=O)c3ccc(OC)cc3)CC2)sc2c(C)cc(C)cc21. The van der Waals surface area contributed by atoms with Crippen LogP contribution in [0.15, 0.2) is 46.3 Å². The maximum Gasteiger partial charge on any atom is 0.251 e. The number of nitrogens with zero attached hydrogens (tertiary/aromatic N) is 3. The molecular formula is C24H29N3O4S2. The molecule has 0 bridgehead atoms. The van der Waals surface area contributed by atoms with Gasteiger partial charge in [0.2, 0.25) is 10.0 Å². The summed E-state index contributed by atoms with van der Waals surface area (Å²) in [6.45, 7) is 7.54. The number of amides is 1. The summed E-state index contributed by atoms with van der Waals surface area (Å²) in [6, 6.07) is 10.7. The summed E-state index contributed by atoms with van der Waals surface area (Å²) in [4.78, 5) is 18.4. The summed E-state index contributed by atoms with van der Waals surface area (Å²) in [5.41, 5.74) is 3.47. The van der Waals surface area contributed by atoms with Gasteiger partial charge in [0.25, 0.3) is 5.91 Å². The van der Waals surface area contributed by atoms with E-state index in [0.29, 0.717) is 36.5 Å². The van der Waals surface area contributed by atoms with Gasteiger partial charge in [-0.05, 0) is 75.1 Å². The Labute approximate surface area is 198 Å². The average molecular weight is 488 g/mol. The largest absolute Gasteiger partial charge is 0.497 e. The minimum absolute atomic E-state index is 0.167. The molecular weight excluding hydrogens is 458 g/mol. The molecule has 0 atom stereocenters. The Balaban J connectivity index is 1.52. The van der Waals surface area contributed by atoms with Crippen LogP contribution in [0.25, 0.3) is 10.2 Å². The van der Waals surface area contributed by atoms with Crippen molar-refractivity contribution in [3.63, 3.8) is 0 Å². The molecule has 2 aromatic carbocycles. The monoisotopic (exact) mass is 487 g/mol. The summed E-state index contributed by atoms with van der Waals surface area (Å²) >= 11 is 1.54. The molecule has 0 radical (unpaired) electrons. The number of fused-ring (bicyclic) bond motifs is 1. The molecule has 1 aliphatic rings. The first-order valence-electron chi connectivity index (χ1n) is 11.1. The second-order valence-electron chi connectivity index (χ2n) is 8.36. The highest BCUT2D eigenvalue weighted by atomic mass is 32.2. The lowest BCUT2D eigenvalue weighted by Gasteiger charge is -2.29. The van der Waals surface area contributed by atoms with Gasteiger partial charge in [-0.25, -0.2) is 8.42 Å². The first-order chi connectivity index (χ1) is 15.7. The fraction of sp³-hybridized carbons (Fsp3) is 0.417. The van der Waals surface area contributed by atoms with Crippen LogP contribution in [0, 0.1) is 19.8 Å². The number of hydrogen-bond acceptors (Lipinski definition) is 5. The van der Waals surface area contributed by atoms with Gasteiger partial charge >= 0.3 is 0 Å². The fourth-order valence-corrected chi connectivity index (χ4v) is 6.95. The molecule has 1 fully saturated rings. The second-order valence-corrected chi connectivity index (χ2v) is 11.3. The number of aryl methyl sites for hydroxylation is 3. The first-order valence-corrected chi connectivity index (χ1v) is 13.3. The van der Waals surface area contributed by atoms with Gasteiger partial charge in [0.1, 0.15) is 5.75 Å². The lowest BCUT2D eigenvalue weighted by Crippen LogP contribution is -2.40. The summed E-state index contributed by atoms with van der Waals surface area (Å²) in [5, 5.41) is 0. The molecule has 1 aliphatic heterocycles. The van der Waals surface area contributed by atoms with Crippen molar-refractivity contribution in [3.8, 4) is 5.75 Å². The number of carbonyl (C=O) groups is 1. The van der Waals surface area contributed by atoms with Gasteiger partial charge in [-0.1, -0.05) is 17.4 Å². The normalized spacial score (nSPS) is 16.4. The molecule has 33 heavy (non-hydrogen) atoms. The van der Waals surface area contributed by atoms with Crippen molar-refractivity contribution in [2.24, 2.45) is 10.9 Å². The van der Waals surface area contributed by atoms with E-state index >= 15 is 0 Å². The Kier molecular flexibility index (Phi) is 6.74. The van der Waals surface area contributed by atoms with Gasteiger partial charge in [0.15, 0.2) is 4.80 Å². The van der Waals surface area contributed by atoms with E-state index in [9.17, 15) is 13.2 Å². The van der Waals surface area contributed by atoms with Crippen molar-refractivity contribution in [1.29, 1.82) is 0 Å². The number of sulfonamides is 1. The van der Waals surface area contributed by atoms with Crippen molar-refractivity contribution in [3.05, 3.63) is 52.3 Å². The van der Waals surface area contributed by atoms with E-state index in [2.05, 4.69) is 42.5 Å². The van der Waals surface area contributed by atoms with Crippen LogP contribution in [0.4, 0.5) is 0 Å².